The molecule has 3 saturated heterocycles. The molecule has 3 amide bonds. The van der Waals surface area contributed by atoms with Crippen LogP contribution < -0.4 is 0 Å². The predicted molar refractivity (Wildman–Crippen MR) is 189 cm³/mol. The summed E-state index contributed by atoms with van der Waals surface area (Å²) >= 11 is 0. The number of hydrogen-bond donors (Lipinski definition) is 1. The van der Waals surface area contributed by atoms with Crippen LogP contribution in [0.4, 0.5) is 0 Å². The van der Waals surface area contributed by atoms with Gasteiger partial charge in [0.25, 0.3) is 0 Å². The molecule has 3 aromatic carbocycles. The fraction of sp³-hybridized carbons (Fsp3) is 0.390. The quantitative estimate of drug-likeness (QED) is 0.227. The van der Waals surface area contributed by atoms with Crippen molar-refractivity contribution in [1.82, 2.24) is 14.7 Å². The summed E-state index contributed by atoms with van der Waals surface area (Å²) in [6, 6.07) is 27.4. The van der Waals surface area contributed by atoms with E-state index in [4.69, 9.17) is 4.74 Å². The molecule has 6 rings (SSSR count). The van der Waals surface area contributed by atoms with Gasteiger partial charge in [0.15, 0.2) is 0 Å². The van der Waals surface area contributed by atoms with Crippen LogP contribution in [0.25, 0.3) is 0 Å². The second kappa shape index (κ2) is 14.5. The molecule has 2 unspecified atom stereocenters. The first-order chi connectivity index (χ1) is 23.8. The SMILES string of the molecule is C=CCN(Cc1ccccc1)C(=O)C1N([C@@H](CO)Cc2ccccc2)C(=O)[C@@H]2[C@@H](C(=O)N(CC=C)Cc3ccccc3)[C@@]3(CC)CCC12O3. The number of likely N-dealkylation sites (tertiary alicyclic amines) is 1. The molecule has 6 atom stereocenters. The van der Waals surface area contributed by atoms with E-state index in [2.05, 4.69) is 13.2 Å². The van der Waals surface area contributed by atoms with E-state index in [1.807, 2.05) is 97.9 Å². The molecule has 3 aliphatic heterocycles. The number of benzene rings is 3. The molecular weight excluding hydrogens is 614 g/mol. The largest absolute Gasteiger partial charge is 0.394 e. The monoisotopic (exact) mass is 661 g/mol. The number of ether oxygens (including phenoxy) is 1. The summed E-state index contributed by atoms with van der Waals surface area (Å²) in [6.07, 6.45) is 5.29. The van der Waals surface area contributed by atoms with Crippen LogP contribution in [-0.4, -0.2) is 80.5 Å². The van der Waals surface area contributed by atoms with Gasteiger partial charge in [0.1, 0.15) is 11.6 Å². The van der Waals surface area contributed by atoms with E-state index < -0.39 is 35.1 Å². The fourth-order valence-electron chi connectivity index (χ4n) is 8.59. The average molecular weight is 662 g/mol. The zero-order valence-electron chi connectivity index (χ0n) is 28.3. The van der Waals surface area contributed by atoms with Crippen LogP contribution in [-0.2, 0) is 38.6 Å². The molecule has 0 saturated carbocycles. The summed E-state index contributed by atoms with van der Waals surface area (Å²) in [4.78, 5) is 50.0. The van der Waals surface area contributed by atoms with E-state index in [9.17, 15) is 9.90 Å². The third kappa shape index (κ3) is 6.24. The molecule has 1 N–H and O–H groups in total. The van der Waals surface area contributed by atoms with Gasteiger partial charge in [-0.1, -0.05) is 110 Å². The first-order valence-electron chi connectivity index (χ1n) is 17.4. The number of hydrogen-bond acceptors (Lipinski definition) is 5. The number of fused-ring (bicyclic) bond motifs is 1. The lowest BCUT2D eigenvalue weighted by molar-refractivity contribution is -0.158. The number of carbonyl (C=O) groups excluding carboxylic acids is 3. The predicted octanol–water partition coefficient (Wildman–Crippen LogP) is 5.17. The van der Waals surface area contributed by atoms with Crippen LogP contribution >= 0.6 is 0 Å². The Hall–Kier alpha value is -4.53. The van der Waals surface area contributed by atoms with E-state index >= 15 is 9.59 Å². The summed E-state index contributed by atoms with van der Waals surface area (Å²) in [5.41, 5.74) is 0.733. The molecule has 8 nitrogen and oxygen atoms in total. The lowest BCUT2D eigenvalue weighted by Crippen LogP contribution is -2.59. The van der Waals surface area contributed by atoms with Crippen LogP contribution in [0.1, 0.15) is 42.9 Å². The molecular formula is C41H47N3O5. The van der Waals surface area contributed by atoms with Gasteiger partial charge in [-0.2, -0.15) is 0 Å². The first-order valence-corrected chi connectivity index (χ1v) is 17.4. The van der Waals surface area contributed by atoms with Crippen LogP contribution in [0.2, 0.25) is 0 Å². The van der Waals surface area contributed by atoms with Crippen molar-refractivity contribution in [2.24, 2.45) is 11.8 Å². The van der Waals surface area contributed by atoms with Crippen molar-refractivity contribution in [3.05, 3.63) is 133 Å². The lowest BCUT2D eigenvalue weighted by atomic mass is 9.64. The van der Waals surface area contributed by atoms with Crippen LogP contribution in [0, 0.1) is 11.8 Å². The van der Waals surface area contributed by atoms with Gasteiger partial charge in [-0.15, -0.1) is 13.2 Å². The van der Waals surface area contributed by atoms with Crippen LogP contribution in [0.15, 0.2) is 116 Å². The normalized spacial score (nSPS) is 25.9. The number of rotatable bonds is 15. The summed E-state index contributed by atoms with van der Waals surface area (Å²) < 4.78 is 7.10. The Balaban J connectivity index is 1.44. The maximum absolute atomic E-state index is 15.1. The molecule has 49 heavy (non-hydrogen) atoms. The molecule has 3 aromatic rings. The van der Waals surface area contributed by atoms with Gasteiger partial charge in [-0.3, -0.25) is 14.4 Å². The summed E-state index contributed by atoms with van der Waals surface area (Å²) in [5.74, 6) is -2.41. The third-order valence-electron chi connectivity index (χ3n) is 10.8. The highest BCUT2D eigenvalue weighted by molar-refractivity contribution is 5.99. The molecule has 256 valence electrons. The highest BCUT2D eigenvalue weighted by Crippen LogP contribution is 2.65. The minimum Gasteiger partial charge on any atom is -0.394 e. The Morgan fingerprint density at radius 3 is 1.86 bits per heavy atom. The van der Waals surface area contributed by atoms with Crippen molar-refractivity contribution < 1.29 is 24.2 Å². The molecule has 3 fully saturated rings. The highest BCUT2D eigenvalue weighted by Gasteiger charge is 2.79. The summed E-state index contributed by atoms with van der Waals surface area (Å²) in [6.45, 7) is 10.8. The molecule has 3 heterocycles. The summed E-state index contributed by atoms with van der Waals surface area (Å²) in [5, 5.41) is 10.9. The average Bonchev–Trinajstić information content (AvgIpc) is 3.74. The number of carbonyl (C=O) groups is 3. The smallest absolute Gasteiger partial charge is 0.249 e. The fourth-order valence-corrected chi connectivity index (χ4v) is 8.59. The Kier molecular flexibility index (Phi) is 10.2. The molecule has 8 heteroatoms. The lowest BCUT2D eigenvalue weighted by Gasteiger charge is -2.39. The number of nitrogens with zero attached hydrogens (tertiary/aromatic N) is 3. The maximum atomic E-state index is 15.1. The van der Waals surface area contributed by atoms with Gasteiger partial charge in [-0.05, 0) is 42.4 Å². The molecule has 3 aliphatic rings. The molecule has 1 spiro atoms. The van der Waals surface area contributed by atoms with Gasteiger partial charge in [0.2, 0.25) is 17.7 Å². The van der Waals surface area contributed by atoms with E-state index in [1.54, 1.807) is 26.9 Å². The Morgan fingerprint density at radius 2 is 1.37 bits per heavy atom. The molecule has 0 radical (unpaired) electrons. The minimum absolute atomic E-state index is 0.172. The second-order valence-electron chi connectivity index (χ2n) is 13.6. The zero-order chi connectivity index (χ0) is 34.6. The summed E-state index contributed by atoms with van der Waals surface area (Å²) in [7, 11) is 0. The van der Waals surface area contributed by atoms with E-state index in [1.165, 1.54) is 0 Å². The third-order valence-corrected chi connectivity index (χ3v) is 10.8. The Labute approximate surface area is 289 Å². The second-order valence-corrected chi connectivity index (χ2v) is 13.6. The standard InChI is InChI=1S/C41H47N3O5/c1-4-24-42(27-31-18-12-8-13-19-31)37(46)34-35-38(47)44(33(29-45)26-30-16-10-7-11-17-30)36(41(35)23-22-40(34,6-3)49-41)39(48)43(25-5-2)28-32-20-14-9-15-21-32/h4-5,7-21,33-36,45H,1-2,6,22-29H2,3H3/t33-,34+,35+,36?,40-,41?/m1/s1. The van der Waals surface area contributed by atoms with Gasteiger partial charge in [0, 0.05) is 26.2 Å². The van der Waals surface area contributed by atoms with E-state index in [0.717, 1.165) is 16.7 Å². The number of aliphatic hydroxyl groups is 1. The van der Waals surface area contributed by atoms with E-state index in [0.29, 0.717) is 45.3 Å². The van der Waals surface area contributed by atoms with Crippen molar-refractivity contribution >= 4 is 17.7 Å². The Bertz CT molecular complexity index is 1650. The zero-order valence-corrected chi connectivity index (χ0v) is 28.3. The minimum atomic E-state index is -1.22. The maximum Gasteiger partial charge on any atom is 0.249 e. The van der Waals surface area contributed by atoms with Crippen molar-refractivity contribution in [2.45, 2.75) is 69.0 Å². The Morgan fingerprint density at radius 1 is 0.857 bits per heavy atom. The van der Waals surface area contributed by atoms with Crippen molar-refractivity contribution in [3.63, 3.8) is 0 Å². The van der Waals surface area contributed by atoms with Crippen molar-refractivity contribution in [2.75, 3.05) is 19.7 Å². The van der Waals surface area contributed by atoms with Crippen LogP contribution in [0.3, 0.4) is 0 Å². The van der Waals surface area contributed by atoms with Gasteiger partial charge < -0.3 is 24.5 Å². The highest BCUT2D eigenvalue weighted by atomic mass is 16.5. The van der Waals surface area contributed by atoms with Gasteiger partial charge in [0.05, 0.1) is 30.1 Å². The first kappa shape index (κ1) is 34.3. The number of aliphatic hydroxyl groups excluding tert-OH is 1. The molecule has 2 bridgehead atoms. The van der Waals surface area contributed by atoms with Crippen molar-refractivity contribution in [1.29, 1.82) is 0 Å². The molecule has 0 aliphatic carbocycles. The van der Waals surface area contributed by atoms with E-state index in [-0.39, 0.29) is 30.9 Å². The van der Waals surface area contributed by atoms with Crippen LogP contribution in [0.5, 0.6) is 0 Å². The van der Waals surface area contributed by atoms with Crippen molar-refractivity contribution in [3.8, 4) is 0 Å². The molecule has 0 aromatic heterocycles. The number of amides is 3. The van der Waals surface area contributed by atoms with Gasteiger partial charge >= 0.3 is 0 Å². The van der Waals surface area contributed by atoms with Gasteiger partial charge in [-0.25, -0.2) is 0 Å². The topological polar surface area (TPSA) is 90.4 Å².